The van der Waals surface area contributed by atoms with Crippen molar-refractivity contribution in [2.45, 2.75) is 63.4 Å². The van der Waals surface area contributed by atoms with Crippen LogP contribution in [0.25, 0.3) is 0 Å². The Morgan fingerprint density at radius 3 is 2.58 bits per heavy atom. The number of aliphatic hydroxyl groups excluding tert-OH is 1. The van der Waals surface area contributed by atoms with Crippen LogP contribution in [0.5, 0.6) is 0 Å². The van der Waals surface area contributed by atoms with E-state index in [0.29, 0.717) is 13.0 Å². The number of ether oxygens (including phenoxy) is 3. The summed E-state index contributed by atoms with van der Waals surface area (Å²) in [6, 6.07) is 0.823. The van der Waals surface area contributed by atoms with Crippen molar-refractivity contribution in [3.63, 3.8) is 0 Å². The third-order valence-corrected chi connectivity index (χ3v) is 6.94. The van der Waals surface area contributed by atoms with Crippen molar-refractivity contribution in [1.29, 1.82) is 0 Å². The van der Waals surface area contributed by atoms with Crippen LogP contribution in [0.1, 0.15) is 19.8 Å². The lowest BCUT2D eigenvalue weighted by Gasteiger charge is -2.44. The van der Waals surface area contributed by atoms with Crippen molar-refractivity contribution >= 4 is 20.0 Å². The molecule has 1 fully saturated rings. The van der Waals surface area contributed by atoms with Gasteiger partial charge in [0.1, 0.15) is 5.60 Å². The molecule has 0 amide bonds. The second-order valence-corrected chi connectivity index (χ2v) is 14.1. The number of hydrogen-bond donors (Lipinski definition) is 2. The van der Waals surface area contributed by atoms with Gasteiger partial charge < -0.3 is 24.4 Å². The van der Waals surface area contributed by atoms with Crippen LogP contribution in [0.2, 0.25) is 25.7 Å². The first-order chi connectivity index (χ1) is 12.0. The van der Waals surface area contributed by atoms with Gasteiger partial charge in [0.2, 0.25) is 6.29 Å². The highest BCUT2D eigenvalue weighted by Crippen LogP contribution is 2.45. The van der Waals surface area contributed by atoms with E-state index in [0.717, 1.165) is 12.1 Å². The molecular weight excluding hydrogens is 356 g/mol. The summed E-state index contributed by atoms with van der Waals surface area (Å²) in [4.78, 5) is 24.8. The van der Waals surface area contributed by atoms with Crippen LogP contribution >= 0.6 is 0 Å². The van der Waals surface area contributed by atoms with Gasteiger partial charge in [0.25, 0.3) is 0 Å². The Balaban J connectivity index is 2.24. The van der Waals surface area contributed by atoms with E-state index in [1.54, 1.807) is 0 Å². The molecule has 1 heterocycles. The summed E-state index contributed by atoms with van der Waals surface area (Å²) in [5, 5.41) is 20.9. The minimum Gasteiger partial charge on any atom is -0.466 e. The van der Waals surface area contributed by atoms with E-state index in [-0.39, 0.29) is 24.0 Å². The molecule has 8 heteroatoms. The molecule has 0 spiro atoms. The minimum absolute atomic E-state index is 0.0118. The molecule has 0 saturated heterocycles. The number of rotatable bonds is 6. The Bertz CT molecular complexity index is 583. The number of hydrogen-bond acceptors (Lipinski definition) is 7. The first-order valence-corrected chi connectivity index (χ1v) is 12.7. The second kappa shape index (κ2) is 7.80. The molecule has 5 atom stereocenters. The summed E-state index contributed by atoms with van der Waals surface area (Å²) >= 11 is 0. The topological polar surface area (TPSA) is 102 Å². The van der Waals surface area contributed by atoms with E-state index >= 15 is 0 Å². The summed E-state index contributed by atoms with van der Waals surface area (Å²) in [5.41, 5.74) is -1.87. The fraction of sp³-hybridized carbons (Fsp3) is 0.778. The van der Waals surface area contributed by atoms with Gasteiger partial charge >= 0.3 is 11.9 Å². The third kappa shape index (κ3) is 4.54. The monoisotopic (exact) mass is 386 g/mol. The molecule has 2 rings (SSSR count). The normalized spacial score (nSPS) is 35.0. The Kier molecular flexibility index (Phi) is 6.32. The maximum Gasteiger partial charge on any atom is 0.339 e. The molecule has 0 radical (unpaired) electrons. The van der Waals surface area contributed by atoms with E-state index in [2.05, 4.69) is 19.6 Å². The Morgan fingerprint density at radius 2 is 2.08 bits per heavy atom. The summed E-state index contributed by atoms with van der Waals surface area (Å²) < 4.78 is 15.6. The quantitative estimate of drug-likeness (QED) is 0.526. The van der Waals surface area contributed by atoms with Crippen molar-refractivity contribution in [2.75, 3.05) is 13.7 Å². The zero-order valence-corrected chi connectivity index (χ0v) is 17.2. The number of esters is 2. The van der Waals surface area contributed by atoms with Gasteiger partial charge in [-0.1, -0.05) is 26.6 Å². The molecule has 1 aliphatic heterocycles. The average molecular weight is 387 g/mol. The molecule has 0 bridgehead atoms. The van der Waals surface area contributed by atoms with Crippen LogP contribution in [-0.4, -0.2) is 61.9 Å². The summed E-state index contributed by atoms with van der Waals surface area (Å²) in [7, 11) is 0.169. The van der Waals surface area contributed by atoms with E-state index in [1.165, 1.54) is 7.11 Å². The molecule has 1 saturated carbocycles. The summed E-state index contributed by atoms with van der Waals surface area (Å²) in [6.45, 7) is 8.79. The van der Waals surface area contributed by atoms with Crippen molar-refractivity contribution in [2.24, 2.45) is 11.8 Å². The Hall–Kier alpha value is -1.22. The zero-order chi connectivity index (χ0) is 19.7. The highest BCUT2D eigenvalue weighted by atomic mass is 28.3. The molecule has 7 nitrogen and oxygen atoms in total. The standard InChI is InChI=1S/C18H30O7Si/c1-11-8-12(16(20)24-6-7-26(3,4)5)18(22,10-14(11)23-2)13-9-15(19)25-17(13)21/h9,11-12,14-15,19,22H,6-8,10H2,1-5H3/t11-,12-,14-,15?,18-/m1/s1. The smallest absolute Gasteiger partial charge is 0.339 e. The van der Waals surface area contributed by atoms with E-state index in [9.17, 15) is 19.8 Å². The minimum atomic E-state index is -1.78. The van der Waals surface area contributed by atoms with Crippen LogP contribution in [0.3, 0.4) is 0 Å². The van der Waals surface area contributed by atoms with Gasteiger partial charge in [-0.05, 0) is 24.5 Å². The average Bonchev–Trinajstić information content (AvgIpc) is 2.87. The SMILES string of the molecule is CO[C@@H]1C[C@](O)(C2=CC(O)OC2=O)[C@@H](C(=O)OCC[Si](C)(C)C)C[C@H]1C. The lowest BCUT2D eigenvalue weighted by atomic mass is 9.66. The lowest BCUT2D eigenvalue weighted by Crippen LogP contribution is -2.54. The number of cyclic esters (lactones) is 1. The molecule has 0 aromatic carbocycles. The molecule has 148 valence electrons. The first kappa shape index (κ1) is 21.1. The number of aliphatic hydroxyl groups is 2. The third-order valence-electron chi connectivity index (χ3n) is 5.24. The molecular formula is C18H30O7Si. The molecule has 0 aromatic heterocycles. The van der Waals surface area contributed by atoms with Crippen LogP contribution in [0.4, 0.5) is 0 Å². The van der Waals surface area contributed by atoms with E-state index in [1.807, 2.05) is 6.92 Å². The fourth-order valence-corrected chi connectivity index (χ4v) is 4.28. The Labute approximate surface area is 155 Å². The maximum atomic E-state index is 12.7. The molecule has 1 aliphatic carbocycles. The lowest BCUT2D eigenvalue weighted by molar-refractivity contribution is -0.169. The molecule has 26 heavy (non-hydrogen) atoms. The number of carbonyl (C=O) groups is 2. The first-order valence-electron chi connectivity index (χ1n) is 9.01. The van der Waals surface area contributed by atoms with Crippen molar-refractivity contribution in [1.82, 2.24) is 0 Å². The maximum absolute atomic E-state index is 12.7. The van der Waals surface area contributed by atoms with Crippen molar-refractivity contribution in [3.8, 4) is 0 Å². The highest BCUT2D eigenvalue weighted by molar-refractivity contribution is 6.76. The van der Waals surface area contributed by atoms with Crippen LogP contribution in [-0.2, 0) is 23.8 Å². The highest BCUT2D eigenvalue weighted by Gasteiger charge is 2.55. The van der Waals surface area contributed by atoms with Crippen molar-refractivity contribution < 1.29 is 34.0 Å². The molecule has 2 aliphatic rings. The molecule has 2 N–H and O–H groups in total. The fourth-order valence-electron chi connectivity index (χ4n) is 3.57. The molecule has 0 aromatic rings. The van der Waals surface area contributed by atoms with Gasteiger partial charge in [0, 0.05) is 21.6 Å². The predicted octanol–water partition coefficient (Wildman–Crippen LogP) is 1.46. The largest absolute Gasteiger partial charge is 0.466 e. The van der Waals surface area contributed by atoms with Gasteiger partial charge in [-0.3, -0.25) is 4.79 Å². The van der Waals surface area contributed by atoms with E-state index < -0.39 is 37.8 Å². The zero-order valence-electron chi connectivity index (χ0n) is 16.2. The number of carbonyl (C=O) groups excluding carboxylic acids is 2. The Morgan fingerprint density at radius 1 is 1.42 bits per heavy atom. The summed E-state index contributed by atoms with van der Waals surface area (Å²) in [6.07, 6.45) is -0.191. The second-order valence-electron chi connectivity index (χ2n) is 8.52. The van der Waals surface area contributed by atoms with Gasteiger partial charge in [-0.2, -0.15) is 0 Å². The van der Waals surface area contributed by atoms with Crippen molar-refractivity contribution in [3.05, 3.63) is 11.6 Å². The van der Waals surface area contributed by atoms with Gasteiger partial charge in [-0.25, -0.2) is 4.79 Å². The predicted molar refractivity (Wildman–Crippen MR) is 96.9 cm³/mol. The molecule has 1 unspecified atom stereocenters. The van der Waals surface area contributed by atoms with Crippen LogP contribution in [0, 0.1) is 11.8 Å². The summed E-state index contributed by atoms with van der Waals surface area (Å²) in [5.74, 6) is -2.24. The van der Waals surface area contributed by atoms with Crippen LogP contribution < -0.4 is 0 Å². The van der Waals surface area contributed by atoms with Crippen LogP contribution in [0.15, 0.2) is 11.6 Å². The van der Waals surface area contributed by atoms with Gasteiger partial charge in [0.05, 0.1) is 24.2 Å². The van der Waals surface area contributed by atoms with Gasteiger partial charge in [-0.15, -0.1) is 0 Å². The van der Waals surface area contributed by atoms with Gasteiger partial charge in [0.15, 0.2) is 0 Å². The number of methoxy groups -OCH3 is 1. The van der Waals surface area contributed by atoms with E-state index in [4.69, 9.17) is 14.2 Å².